The highest BCUT2D eigenvalue weighted by molar-refractivity contribution is 7.85. The van der Waals surface area contributed by atoms with E-state index in [4.69, 9.17) is 0 Å². The molecule has 1 saturated heterocycles. The number of hydrogen-bond donors (Lipinski definition) is 1. The van der Waals surface area contributed by atoms with Crippen molar-refractivity contribution in [3.8, 4) is 0 Å². The van der Waals surface area contributed by atoms with Crippen molar-refractivity contribution in [1.82, 2.24) is 5.32 Å². The van der Waals surface area contributed by atoms with E-state index in [9.17, 15) is 13.2 Å². The number of amides is 1. The molecule has 1 aliphatic rings. The summed E-state index contributed by atoms with van der Waals surface area (Å²) in [7, 11) is -3.43. The standard InChI is InChI=1S/C9H15NO4S/c1-3-4-7-5-8(10-9(7)11)6-14-15(2,12)13/h3,7-8H,1,4-6H2,2H3,(H,10,11)/t7-,8+/m1/s1. The molecule has 1 rings (SSSR count). The molecule has 0 aromatic rings. The van der Waals surface area contributed by atoms with Gasteiger partial charge in [0.1, 0.15) is 0 Å². The van der Waals surface area contributed by atoms with Crippen LogP contribution in [0.15, 0.2) is 12.7 Å². The Morgan fingerprint density at radius 1 is 1.67 bits per heavy atom. The number of allylic oxidation sites excluding steroid dienone is 1. The Morgan fingerprint density at radius 2 is 2.33 bits per heavy atom. The topological polar surface area (TPSA) is 72.5 Å². The van der Waals surface area contributed by atoms with Crippen LogP contribution in [0.1, 0.15) is 12.8 Å². The highest BCUT2D eigenvalue weighted by Gasteiger charge is 2.31. The quantitative estimate of drug-likeness (QED) is 0.537. The van der Waals surface area contributed by atoms with E-state index in [0.29, 0.717) is 12.8 Å². The summed E-state index contributed by atoms with van der Waals surface area (Å²) in [5, 5.41) is 2.69. The first-order chi connectivity index (χ1) is 6.92. The van der Waals surface area contributed by atoms with Crippen LogP contribution in [-0.4, -0.2) is 33.2 Å². The molecule has 6 heteroatoms. The zero-order chi connectivity index (χ0) is 11.5. The second kappa shape index (κ2) is 4.76. The van der Waals surface area contributed by atoms with E-state index >= 15 is 0 Å². The molecule has 0 aliphatic carbocycles. The Bertz CT molecular complexity index is 349. The molecule has 0 spiro atoms. The van der Waals surface area contributed by atoms with Gasteiger partial charge in [-0.1, -0.05) is 6.08 Å². The summed E-state index contributed by atoms with van der Waals surface area (Å²) < 4.78 is 26.1. The zero-order valence-electron chi connectivity index (χ0n) is 8.60. The first-order valence-corrected chi connectivity index (χ1v) is 6.49. The summed E-state index contributed by atoms with van der Waals surface area (Å²) >= 11 is 0. The first kappa shape index (κ1) is 12.2. The fourth-order valence-electron chi connectivity index (χ4n) is 1.55. The zero-order valence-corrected chi connectivity index (χ0v) is 9.42. The van der Waals surface area contributed by atoms with Crippen LogP contribution in [0.25, 0.3) is 0 Å². The molecule has 0 aromatic carbocycles. The van der Waals surface area contributed by atoms with Gasteiger partial charge in [-0.3, -0.25) is 8.98 Å². The minimum atomic E-state index is -3.43. The van der Waals surface area contributed by atoms with Gasteiger partial charge in [-0.05, 0) is 12.8 Å². The monoisotopic (exact) mass is 233 g/mol. The van der Waals surface area contributed by atoms with E-state index in [0.717, 1.165) is 6.26 Å². The molecule has 1 N–H and O–H groups in total. The van der Waals surface area contributed by atoms with Gasteiger partial charge in [-0.2, -0.15) is 8.42 Å². The smallest absolute Gasteiger partial charge is 0.264 e. The van der Waals surface area contributed by atoms with Crippen LogP contribution in [0.4, 0.5) is 0 Å². The van der Waals surface area contributed by atoms with E-state index in [1.165, 1.54) is 0 Å². The van der Waals surface area contributed by atoms with Crippen molar-refractivity contribution in [2.45, 2.75) is 18.9 Å². The number of carbonyl (C=O) groups is 1. The van der Waals surface area contributed by atoms with Gasteiger partial charge >= 0.3 is 0 Å². The molecule has 1 fully saturated rings. The number of carbonyl (C=O) groups excluding carboxylic acids is 1. The lowest BCUT2D eigenvalue weighted by Crippen LogP contribution is -2.30. The van der Waals surface area contributed by atoms with Crippen LogP contribution in [-0.2, 0) is 19.1 Å². The van der Waals surface area contributed by atoms with Crippen LogP contribution >= 0.6 is 0 Å². The predicted octanol–water partition coefficient (Wildman–Crippen LogP) is 0.0434. The second-order valence-electron chi connectivity index (χ2n) is 3.65. The van der Waals surface area contributed by atoms with Gasteiger partial charge in [0, 0.05) is 5.92 Å². The first-order valence-electron chi connectivity index (χ1n) is 4.68. The van der Waals surface area contributed by atoms with Crippen molar-refractivity contribution >= 4 is 16.0 Å². The molecule has 0 radical (unpaired) electrons. The maximum Gasteiger partial charge on any atom is 0.264 e. The van der Waals surface area contributed by atoms with E-state index in [1.54, 1.807) is 6.08 Å². The molecule has 0 unspecified atom stereocenters. The summed E-state index contributed by atoms with van der Waals surface area (Å²) in [5.41, 5.74) is 0. The Labute approximate surface area is 89.6 Å². The largest absolute Gasteiger partial charge is 0.351 e. The predicted molar refractivity (Wildman–Crippen MR) is 55.6 cm³/mol. The fourth-order valence-corrected chi connectivity index (χ4v) is 1.96. The van der Waals surface area contributed by atoms with E-state index in [-0.39, 0.29) is 24.5 Å². The van der Waals surface area contributed by atoms with Crippen LogP contribution < -0.4 is 5.32 Å². The molecule has 86 valence electrons. The van der Waals surface area contributed by atoms with Gasteiger partial charge in [0.15, 0.2) is 0 Å². The lowest BCUT2D eigenvalue weighted by Gasteiger charge is -2.08. The summed E-state index contributed by atoms with van der Waals surface area (Å²) in [4.78, 5) is 11.3. The highest BCUT2D eigenvalue weighted by Crippen LogP contribution is 2.19. The molecule has 0 saturated carbocycles. The number of nitrogens with one attached hydrogen (secondary N) is 1. The minimum absolute atomic E-state index is 0.0121. The number of hydrogen-bond acceptors (Lipinski definition) is 4. The Balaban J connectivity index is 2.41. The molecule has 1 aliphatic heterocycles. The summed E-state index contributed by atoms with van der Waals surface area (Å²) in [6.45, 7) is 3.57. The third-order valence-corrected chi connectivity index (χ3v) is 2.78. The van der Waals surface area contributed by atoms with E-state index < -0.39 is 10.1 Å². The normalized spacial score (nSPS) is 26.3. The maximum absolute atomic E-state index is 11.3. The van der Waals surface area contributed by atoms with Crippen molar-refractivity contribution in [2.24, 2.45) is 5.92 Å². The third-order valence-electron chi connectivity index (χ3n) is 2.22. The average Bonchev–Trinajstić information content (AvgIpc) is 2.44. The molecular weight excluding hydrogens is 218 g/mol. The molecule has 0 bridgehead atoms. The molecule has 0 aromatic heterocycles. The third kappa shape index (κ3) is 4.01. The Morgan fingerprint density at radius 3 is 2.87 bits per heavy atom. The molecule has 15 heavy (non-hydrogen) atoms. The van der Waals surface area contributed by atoms with Crippen molar-refractivity contribution in [3.05, 3.63) is 12.7 Å². The Hall–Kier alpha value is -0.880. The van der Waals surface area contributed by atoms with Crippen LogP contribution in [0, 0.1) is 5.92 Å². The van der Waals surface area contributed by atoms with Crippen LogP contribution in [0.5, 0.6) is 0 Å². The van der Waals surface area contributed by atoms with Gasteiger partial charge in [-0.15, -0.1) is 6.58 Å². The van der Waals surface area contributed by atoms with Gasteiger partial charge in [-0.25, -0.2) is 0 Å². The van der Waals surface area contributed by atoms with E-state index in [2.05, 4.69) is 16.1 Å². The van der Waals surface area contributed by atoms with Gasteiger partial charge < -0.3 is 5.32 Å². The van der Waals surface area contributed by atoms with Crippen molar-refractivity contribution in [1.29, 1.82) is 0 Å². The van der Waals surface area contributed by atoms with E-state index in [1.807, 2.05) is 0 Å². The molecule has 5 nitrogen and oxygen atoms in total. The summed E-state index contributed by atoms with van der Waals surface area (Å²) in [5.74, 6) is -0.160. The summed E-state index contributed by atoms with van der Waals surface area (Å²) in [6, 6.07) is -0.211. The second-order valence-corrected chi connectivity index (χ2v) is 5.30. The minimum Gasteiger partial charge on any atom is -0.351 e. The fraction of sp³-hybridized carbons (Fsp3) is 0.667. The summed E-state index contributed by atoms with van der Waals surface area (Å²) in [6.07, 6.45) is 3.89. The van der Waals surface area contributed by atoms with Crippen LogP contribution in [0.2, 0.25) is 0 Å². The lowest BCUT2D eigenvalue weighted by molar-refractivity contribution is -0.122. The van der Waals surface area contributed by atoms with Crippen molar-refractivity contribution in [3.63, 3.8) is 0 Å². The number of rotatable bonds is 5. The molecular formula is C9H15NO4S. The van der Waals surface area contributed by atoms with Crippen LogP contribution in [0.3, 0.4) is 0 Å². The molecule has 2 atom stereocenters. The molecule has 1 amide bonds. The van der Waals surface area contributed by atoms with Gasteiger partial charge in [0.25, 0.3) is 10.1 Å². The van der Waals surface area contributed by atoms with Crippen molar-refractivity contribution < 1.29 is 17.4 Å². The van der Waals surface area contributed by atoms with Gasteiger partial charge in [0.05, 0.1) is 18.9 Å². The van der Waals surface area contributed by atoms with Gasteiger partial charge in [0.2, 0.25) is 5.91 Å². The Kier molecular flexibility index (Phi) is 3.87. The SMILES string of the molecule is C=CC[C@@H]1C[C@@H](COS(C)(=O)=O)NC1=O. The molecule has 1 heterocycles. The maximum atomic E-state index is 11.3. The van der Waals surface area contributed by atoms with Crippen molar-refractivity contribution in [2.75, 3.05) is 12.9 Å². The average molecular weight is 233 g/mol. The highest BCUT2D eigenvalue weighted by atomic mass is 32.2. The lowest BCUT2D eigenvalue weighted by atomic mass is 10.0.